The zero-order valence-electron chi connectivity index (χ0n) is 14.3. The minimum absolute atomic E-state index is 0.197. The molecule has 1 amide bonds. The summed E-state index contributed by atoms with van der Waals surface area (Å²) in [5, 5.41) is 0.679. The molecule has 4 nitrogen and oxygen atoms in total. The second-order valence-corrected chi connectivity index (χ2v) is 7.57. The molecular weight excluding hydrogens is 324 g/mol. The fourth-order valence-corrected chi connectivity index (χ4v) is 4.42. The van der Waals surface area contributed by atoms with Crippen LogP contribution in [0.15, 0.2) is 24.3 Å². The average Bonchev–Trinajstić information content (AvgIpc) is 2.62. The summed E-state index contributed by atoms with van der Waals surface area (Å²) in [5.41, 5.74) is 6.44. The minimum atomic E-state index is -0.544. The van der Waals surface area contributed by atoms with Gasteiger partial charge in [-0.1, -0.05) is 29.8 Å². The standard InChI is InChI=1S/C19H27ClN2O2/c1-14(21)15-6-10-22(11-7-15)18(23)19(8-12-24-13-9-19)16-4-2-3-5-17(16)20/h2-5,14-15H,6-13,21H2,1H3. The van der Waals surface area contributed by atoms with Crippen LogP contribution in [0.1, 0.15) is 38.2 Å². The molecule has 1 atom stereocenters. The summed E-state index contributed by atoms with van der Waals surface area (Å²) in [5.74, 6) is 0.724. The first kappa shape index (κ1) is 17.7. The second kappa shape index (κ2) is 7.42. The van der Waals surface area contributed by atoms with Crippen molar-refractivity contribution in [3.8, 4) is 0 Å². The predicted molar refractivity (Wildman–Crippen MR) is 96.1 cm³/mol. The highest BCUT2D eigenvalue weighted by Crippen LogP contribution is 2.41. The van der Waals surface area contributed by atoms with Crippen molar-refractivity contribution in [2.75, 3.05) is 26.3 Å². The summed E-state index contributed by atoms with van der Waals surface area (Å²) >= 11 is 6.47. The van der Waals surface area contributed by atoms with Gasteiger partial charge in [-0.2, -0.15) is 0 Å². The van der Waals surface area contributed by atoms with Gasteiger partial charge in [-0.3, -0.25) is 4.79 Å². The van der Waals surface area contributed by atoms with E-state index in [0.717, 1.165) is 31.5 Å². The van der Waals surface area contributed by atoms with Gasteiger partial charge < -0.3 is 15.4 Å². The lowest BCUT2D eigenvalue weighted by molar-refractivity contribution is -0.142. The van der Waals surface area contributed by atoms with Crippen LogP contribution in [-0.2, 0) is 14.9 Å². The van der Waals surface area contributed by atoms with Gasteiger partial charge in [0.25, 0.3) is 0 Å². The molecule has 0 bridgehead atoms. The molecule has 1 aromatic rings. The van der Waals surface area contributed by atoms with Crippen LogP contribution in [0.25, 0.3) is 0 Å². The summed E-state index contributed by atoms with van der Waals surface area (Å²) in [4.78, 5) is 15.5. The number of nitrogens with two attached hydrogens (primary N) is 1. The molecule has 0 radical (unpaired) electrons. The van der Waals surface area contributed by atoms with Gasteiger partial charge in [-0.25, -0.2) is 0 Å². The summed E-state index contributed by atoms with van der Waals surface area (Å²) in [6.45, 7) is 4.85. The number of ether oxygens (including phenoxy) is 1. The van der Waals surface area contributed by atoms with E-state index in [0.29, 0.717) is 37.0 Å². The molecule has 0 spiro atoms. The number of likely N-dealkylation sites (tertiary alicyclic amines) is 1. The number of piperidine rings is 1. The Balaban J connectivity index is 1.85. The number of hydrogen-bond acceptors (Lipinski definition) is 3. The third-order valence-corrected chi connectivity index (χ3v) is 6.05. The Morgan fingerprint density at radius 1 is 1.29 bits per heavy atom. The maximum absolute atomic E-state index is 13.5. The zero-order chi connectivity index (χ0) is 17.2. The number of amides is 1. The molecule has 1 aromatic carbocycles. The number of rotatable bonds is 3. The van der Waals surface area contributed by atoms with Crippen LogP contribution in [0, 0.1) is 5.92 Å². The number of nitrogens with zero attached hydrogens (tertiary/aromatic N) is 1. The van der Waals surface area contributed by atoms with E-state index in [-0.39, 0.29) is 11.9 Å². The van der Waals surface area contributed by atoms with Crippen molar-refractivity contribution < 1.29 is 9.53 Å². The molecule has 0 aliphatic carbocycles. The summed E-state index contributed by atoms with van der Waals surface area (Å²) < 4.78 is 5.54. The first-order valence-electron chi connectivity index (χ1n) is 8.92. The van der Waals surface area contributed by atoms with Gasteiger partial charge in [0, 0.05) is 37.4 Å². The molecule has 0 aromatic heterocycles. The van der Waals surface area contributed by atoms with Crippen molar-refractivity contribution in [2.24, 2.45) is 11.7 Å². The van der Waals surface area contributed by atoms with E-state index in [1.165, 1.54) is 0 Å². The quantitative estimate of drug-likeness (QED) is 0.911. The van der Waals surface area contributed by atoms with Crippen molar-refractivity contribution in [3.63, 3.8) is 0 Å². The Bertz CT molecular complexity index is 576. The Morgan fingerprint density at radius 2 is 1.92 bits per heavy atom. The lowest BCUT2D eigenvalue weighted by atomic mass is 9.72. The zero-order valence-corrected chi connectivity index (χ0v) is 15.1. The fraction of sp³-hybridized carbons (Fsp3) is 0.632. The molecule has 24 heavy (non-hydrogen) atoms. The highest BCUT2D eigenvalue weighted by molar-refractivity contribution is 6.31. The van der Waals surface area contributed by atoms with Gasteiger partial charge in [0.15, 0.2) is 0 Å². The third kappa shape index (κ3) is 3.32. The van der Waals surface area contributed by atoms with Gasteiger partial charge >= 0.3 is 0 Å². The van der Waals surface area contributed by atoms with E-state index in [1.807, 2.05) is 29.2 Å². The molecule has 2 fully saturated rings. The van der Waals surface area contributed by atoms with E-state index in [9.17, 15) is 4.79 Å². The van der Waals surface area contributed by atoms with Crippen molar-refractivity contribution in [1.29, 1.82) is 0 Å². The normalized spacial score (nSPS) is 23.0. The van der Waals surface area contributed by atoms with Crippen LogP contribution in [0.3, 0.4) is 0 Å². The average molecular weight is 351 g/mol. The smallest absolute Gasteiger partial charge is 0.233 e. The molecular formula is C19H27ClN2O2. The van der Waals surface area contributed by atoms with Crippen LogP contribution in [-0.4, -0.2) is 43.2 Å². The number of carbonyl (C=O) groups is 1. The molecule has 132 valence electrons. The van der Waals surface area contributed by atoms with Crippen LogP contribution in [0.2, 0.25) is 5.02 Å². The second-order valence-electron chi connectivity index (χ2n) is 7.16. The fourth-order valence-electron chi connectivity index (χ4n) is 4.10. The van der Waals surface area contributed by atoms with Gasteiger partial charge in [-0.15, -0.1) is 0 Å². The molecule has 2 heterocycles. The topological polar surface area (TPSA) is 55.6 Å². The lowest BCUT2D eigenvalue weighted by Gasteiger charge is -2.43. The van der Waals surface area contributed by atoms with Crippen molar-refractivity contribution in [2.45, 2.75) is 44.1 Å². The molecule has 3 rings (SSSR count). The van der Waals surface area contributed by atoms with E-state index in [4.69, 9.17) is 22.1 Å². The summed E-state index contributed by atoms with van der Waals surface area (Å²) in [7, 11) is 0. The summed E-state index contributed by atoms with van der Waals surface area (Å²) in [6.07, 6.45) is 3.36. The van der Waals surface area contributed by atoms with Crippen molar-refractivity contribution in [1.82, 2.24) is 4.90 Å². The summed E-state index contributed by atoms with van der Waals surface area (Å²) in [6, 6.07) is 7.96. The van der Waals surface area contributed by atoms with Gasteiger partial charge in [0.2, 0.25) is 5.91 Å². The first-order valence-corrected chi connectivity index (χ1v) is 9.30. The molecule has 2 aliphatic heterocycles. The van der Waals surface area contributed by atoms with Gasteiger partial charge in [-0.05, 0) is 50.2 Å². The number of benzene rings is 1. The number of hydrogen-bond donors (Lipinski definition) is 1. The van der Waals surface area contributed by atoms with E-state index >= 15 is 0 Å². The molecule has 5 heteroatoms. The monoisotopic (exact) mass is 350 g/mol. The Kier molecular flexibility index (Phi) is 5.48. The van der Waals surface area contributed by atoms with Crippen molar-refractivity contribution in [3.05, 3.63) is 34.9 Å². The largest absolute Gasteiger partial charge is 0.381 e. The van der Waals surface area contributed by atoms with Gasteiger partial charge in [0.05, 0.1) is 5.41 Å². The first-order chi connectivity index (χ1) is 11.5. The Labute approximate surface area is 149 Å². The maximum atomic E-state index is 13.5. The maximum Gasteiger partial charge on any atom is 0.233 e. The highest BCUT2D eigenvalue weighted by Gasteiger charge is 2.45. The van der Waals surface area contributed by atoms with E-state index in [2.05, 4.69) is 6.92 Å². The van der Waals surface area contributed by atoms with Crippen LogP contribution < -0.4 is 5.73 Å². The molecule has 1 unspecified atom stereocenters. The molecule has 2 N–H and O–H groups in total. The third-order valence-electron chi connectivity index (χ3n) is 5.72. The number of carbonyl (C=O) groups excluding carboxylic acids is 1. The molecule has 2 aliphatic rings. The molecule has 0 saturated carbocycles. The van der Waals surface area contributed by atoms with E-state index in [1.54, 1.807) is 0 Å². The minimum Gasteiger partial charge on any atom is -0.381 e. The Hall–Kier alpha value is -1.10. The van der Waals surface area contributed by atoms with Crippen LogP contribution in [0.4, 0.5) is 0 Å². The number of halogens is 1. The van der Waals surface area contributed by atoms with Crippen LogP contribution >= 0.6 is 11.6 Å². The molecule has 2 saturated heterocycles. The van der Waals surface area contributed by atoms with Crippen LogP contribution in [0.5, 0.6) is 0 Å². The van der Waals surface area contributed by atoms with Crippen molar-refractivity contribution >= 4 is 17.5 Å². The lowest BCUT2D eigenvalue weighted by Crippen LogP contribution is -2.53. The Morgan fingerprint density at radius 3 is 2.50 bits per heavy atom. The predicted octanol–water partition coefficient (Wildman–Crippen LogP) is 2.97. The van der Waals surface area contributed by atoms with Gasteiger partial charge in [0.1, 0.15) is 0 Å². The van der Waals surface area contributed by atoms with E-state index < -0.39 is 5.41 Å². The highest BCUT2D eigenvalue weighted by atomic mass is 35.5. The SMILES string of the molecule is CC(N)C1CCN(C(=O)C2(c3ccccc3Cl)CCOCC2)CC1.